The Morgan fingerprint density at radius 3 is 2.60 bits per heavy atom. The van der Waals surface area contributed by atoms with Crippen LogP contribution in [-0.2, 0) is 9.53 Å². The highest BCUT2D eigenvalue weighted by Crippen LogP contribution is 2.28. The van der Waals surface area contributed by atoms with Gasteiger partial charge in [-0.2, -0.15) is 4.98 Å². The molecule has 0 aliphatic rings. The van der Waals surface area contributed by atoms with Gasteiger partial charge in [-0.15, -0.1) is 0 Å². The molecule has 0 aliphatic heterocycles. The first kappa shape index (κ1) is 19.7. The van der Waals surface area contributed by atoms with E-state index in [1.807, 2.05) is 18.2 Å². The highest BCUT2D eigenvalue weighted by Gasteiger charge is 2.13. The van der Waals surface area contributed by atoms with Crippen LogP contribution in [0.5, 0.6) is 5.75 Å². The van der Waals surface area contributed by atoms with E-state index in [0.717, 1.165) is 16.5 Å². The summed E-state index contributed by atoms with van der Waals surface area (Å²) in [4.78, 5) is 15.9. The third-order valence-electron chi connectivity index (χ3n) is 4.72. The van der Waals surface area contributed by atoms with Crippen molar-refractivity contribution in [2.24, 2.45) is 0 Å². The minimum absolute atomic E-state index is 0.124. The van der Waals surface area contributed by atoms with Gasteiger partial charge in [0.05, 0.1) is 6.61 Å². The monoisotopic (exact) mass is 405 g/mol. The first-order valence-electron chi connectivity index (χ1n) is 9.88. The van der Waals surface area contributed by atoms with E-state index < -0.39 is 5.97 Å². The van der Waals surface area contributed by atoms with E-state index in [1.165, 1.54) is 5.52 Å². The van der Waals surface area contributed by atoms with Crippen molar-refractivity contribution in [3.63, 3.8) is 0 Å². The molecule has 4 rings (SSSR count). The molecule has 2 heterocycles. The minimum atomic E-state index is -0.398. The molecular weight excluding hydrogens is 382 g/mol. The molecule has 0 atom stereocenters. The Balaban J connectivity index is 1.50. The number of esters is 1. The van der Waals surface area contributed by atoms with Gasteiger partial charge in [0.1, 0.15) is 5.75 Å². The lowest BCUT2D eigenvalue weighted by Crippen LogP contribution is -2.14. The van der Waals surface area contributed by atoms with Crippen LogP contribution in [0.1, 0.15) is 26.8 Å². The molecule has 0 spiro atoms. The van der Waals surface area contributed by atoms with Gasteiger partial charge in [-0.1, -0.05) is 5.16 Å². The summed E-state index contributed by atoms with van der Waals surface area (Å²) in [6.45, 7) is 6.28. The van der Waals surface area contributed by atoms with Gasteiger partial charge in [0, 0.05) is 34.3 Å². The van der Waals surface area contributed by atoms with E-state index >= 15 is 0 Å². The number of hydrogen-bond acceptors (Lipinski definition) is 6. The standard InChI is InChI=1S/C23H23N3O4/c1-4-28-21(27)14-29-19-8-5-16(6-9-19)22-24-23(30-25-22)18-7-10-20-17(13-18)11-12-26(20)15(2)3/h5-13,15H,4,14H2,1-3H3. The second kappa shape index (κ2) is 8.41. The van der Waals surface area contributed by atoms with Crippen molar-refractivity contribution in [1.29, 1.82) is 0 Å². The minimum Gasteiger partial charge on any atom is -0.482 e. The van der Waals surface area contributed by atoms with Gasteiger partial charge in [-0.05, 0) is 69.3 Å². The topological polar surface area (TPSA) is 79.4 Å². The fourth-order valence-corrected chi connectivity index (χ4v) is 3.25. The molecule has 0 saturated heterocycles. The van der Waals surface area contributed by atoms with Crippen LogP contribution in [0.4, 0.5) is 0 Å². The zero-order valence-electron chi connectivity index (χ0n) is 17.2. The average molecular weight is 405 g/mol. The van der Waals surface area contributed by atoms with Gasteiger partial charge >= 0.3 is 5.97 Å². The lowest BCUT2D eigenvalue weighted by Gasteiger charge is -2.09. The predicted molar refractivity (Wildman–Crippen MR) is 113 cm³/mol. The maximum Gasteiger partial charge on any atom is 0.344 e. The van der Waals surface area contributed by atoms with Crippen molar-refractivity contribution in [3.05, 3.63) is 54.7 Å². The molecule has 0 aliphatic carbocycles. The lowest BCUT2D eigenvalue weighted by molar-refractivity contribution is -0.145. The fraction of sp³-hybridized carbons (Fsp3) is 0.261. The molecule has 7 heteroatoms. The number of carbonyl (C=O) groups is 1. The van der Waals surface area contributed by atoms with Crippen LogP contribution >= 0.6 is 0 Å². The van der Waals surface area contributed by atoms with Crippen LogP contribution in [0.3, 0.4) is 0 Å². The maximum atomic E-state index is 11.4. The molecule has 0 radical (unpaired) electrons. The number of aromatic nitrogens is 3. The van der Waals surface area contributed by atoms with Crippen molar-refractivity contribution >= 4 is 16.9 Å². The molecule has 4 aromatic rings. The van der Waals surface area contributed by atoms with E-state index in [9.17, 15) is 4.79 Å². The zero-order chi connectivity index (χ0) is 21.1. The van der Waals surface area contributed by atoms with E-state index in [0.29, 0.717) is 30.1 Å². The molecule has 0 saturated carbocycles. The van der Waals surface area contributed by atoms with Crippen molar-refractivity contribution in [1.82, 2.24) is 14.7 Å². The summed E-state index contributed by atoms with van der Waals surface area (Å²) in [5.41, 5.74) is 2.84. The molecule has 2 aromatic carbocycles. The first-order chi connectivity index (χ1) is 14.5. The Morgan fingerprint density at radius 1 is 1.10 bits per heavy atom. The summed E-state index contributed by atoms with van der Waals surface area (Å²) in [5, 5.41) is 5.23. The smallest absolute Gasteiger partial charge is 0.344 e. The van der Waals surface area contributed by atoms with Gasteiger partial charge in [-0.3, -0.25) is 0 Å². The van der Waals surface area contributed by atoms with Crippen LogP contribution in [-0.4, -0.2) is 33.9 Å². The number of hydrogen-bond donors (Lipinski definition) is 0. The van der Waals surface area contributed by atoms with Crippen LogP contribution in [0.2, 0.25) is 0 Å². The van der Waals surface area contributed by atoms with E-state index in [4.69, 9.17) is 14.0 Å². The number of benzene rings is 2. The summed E-state index contributed by atoms with van der Waals surface area (Å²) >= 11 is 0. The Hall–Kier alpha value is -3.61. The highest BCUT2D eigenvalue weighted by atomic mass is 16.6. The summed E-state index contributed by atoms with van der Waals surface area (Å²) < 4.78 is 18.0. The van der Waals surface area contributed by atoms with Crippen molar-refractivity contribution in [2.75, 3.05) is 13.2 Å². The number of carbonyl (C=O) groups excluding carboxylic acids is 1. The molecule has 0 amide bonds. The summed E-state index contributed by atoms with van der Waals surface area (Å²) in [7, 11) is 0. The number of ether oxygens (including phenoxy) is 2. The molecule has 7 nitrogen and oxygen atoms in total. The maximum absolute atomic E-state index is 11.4. The molecule has 0 unspecified atom stereocenters. The number of rotatable bonds is 7. The number of fused-ring (bicyclic) bond motifs is 1. The summed E-state index contributed by atoms with van der Waals surface area (Å²) in [6.07, 6.45) is 2.09. The van der Waals surface area contributed by atoms with Crippen LogP contribution < -0.4 is 4.74 Å². The predicted octanol–water partition coefficient (Wildman–Crippen LogP) is 4.88. The molecule has 30 heavy (non-hydrogen) atoms. The Bertz CT molecular complexity index is 1160. The fourth-order valence-electron chi connectivity index (χ4n) is 3.25. The van der Waals surface area contributed by atoms with Crippen LogP contribution in [0.15, 0.2) is 59.3 Å². The average Bonchev–Trinajstić information content (AvgIpc) is 3.40. The van der Waals surface area contributed by atoms with E-state index in [2.05, 4.69) is 53.0 Å². The van der Waals surface area contributed by atoms with Crippen LogP contribution in [0.25, 0.3) is 33.7 Å². The Kier molecular flexibility index (Phi) is 5.52. The van der Waals surface area contributed by atoms with Crippen molar-refractivity contribution in [3.8, 4) is 28.6 Å². The Labute approximate surface area is 174 Å². The highest BCUT2D eigenvalue weighted by molar-refractivity contribution is 5.84. The summed E-state index contributed by atoms with van der Waals surface area (Å²) in [6, 6.07) is 15.8. The van der Waals surface area contributed by atoms with Crippen molar-refractivity contribution < 1.29 is 18.8 Å². The zero-order valence-corrected chi connectivity index (χ0v) is 17.2. The van der Waals surface area contributed by atoms with E-state index in [1.54, 1.807) is 19.1 Å². The third-order valence-corrected chi connectivity index (χ3v) is 4.72. The summed E-state index contributed by atoms with van der Waals surface area (Å²) in [5.74, 6) is 1.12. The van der Waals surface area contributed by atoms with Gasteiger partial charge in [0.25, 0.3) is 5.89 Å². The van der Waals surface area contributed by atoms with Gasteiger partial charge in [0.15, 0.2) is 6.61 Å². The molecule has 0 N–H and O–H groups in total. The largest absolute Gasteiger partial charge is 0.482 e. The normalized spacial score (nSPS) is 11.2. The quantitative estimate of drug-likeness (QED) is 0.408. The molecule has 0 bridgehead atoms. The lowest BCUT2D eigenvalue weighted by atomic mass is 10.1. The number of nitrogens with zero attached hydrogens (tertiary/aromatic N) is 3. The van der Waals surface area contributed by atoms with Crippen molar-refractivity contribution in [2.45, 2.75) is 26.8 Å². The second-order valence-electron chi connectivity index (χ2n) is 7.13. The van der Waals surface area contributed by atoms with Crippen LogP contribution in [0, 0.1) is 0 Å². The third kappa shape index (κ3) is 4.05. The van der Waals surface area contributed by atoms with Gasteiger partial charge in [-0.25, -0.2) is 4.79 Å². The molecule has 0 fully saturated rings. The van der Waals surface area contributed by atoms with E-state index in [-0.39, 0.29) is 6.61 Å². The Morgan fingerprint density at radius 2 is 1.87 bits per heavy atom. The molecule has 2 aromatic heterocycles. The SMILES string of the molecule is CCOC(=O)COc1ccc(-c2noc(-c3ccc4c(ccn4C(C)C)c3)n2)cc1. The molecular formula is C23H23N3O4. The first-order valence-corrected chi connectivity index (χ1v) is 9.88. The molecule has 154 valence electrons. The van der Waals surface area contributed by atoms with Gasteiger partial charge in [0.2, 0.25) is 5.82 Å². The van der Waals surface area contributed by atoms with Gasteiger partial charge < -0.3 is 18.6 Å². The second-order valence-corrected chi connectivity index (χ2v) is 7.13.